The summed E-state index contributed by atoms with van der Waals surface area (Å²) in [5.74, 6) is 0. The summed E-state index contributed by atoms with van der Waals surface area (Å²) in [6.07, 6.45) is -1.31. The van der Waals surface area contributed by atoms with Crippen molar-refractivity contribution in [1.29, 1.82) is 0 Å². The van der Waals surface area contributed by atoms with Crippen LogP contribution in [-0.4, -0.2) is 10.1 Å². The lowest BCUT2D eigenvalue weighted by Gasteiger charge is -2.06. The van der Waals surface area contributed by atoms with Gasteiger partial charge in [-0.05, 0) is 22.0 Å². The topological polar surface area (TPSA) is 33.1 Å². The molecule has 0 amide bonds. The molecule has 0 saturated heterocycles. The van der Waals surface area contributed by atoms with Crippen LogP contribution < -0.4 is 0 Å². The maximum absolute atomic E-state index is 12.2. The standard InChI is InChI=1S/C7H6BrF2NO/c8-6-5(3-12)4(7(9)10)1-2-11-6/h1-2,7,12H,3H2. The van der Waals surface area contributed by atoms with Gasteiger partial charge in [0.25, 0.3) is 6.43 Å². The van der Waals surface area contributed by atoms with Gasteiger partial charge in [0.05, 0.1) is 6.61 Å². The first kappa shape index (κ1) is 9.54. The van der Waals surface area contributed by atoms with Crippen molar-refractivity contribution in [2.75, 3.05) is 0 Å². The predicted molar refractivity (Wildman–Crippen MR) is 42.8 cm³/mol. The van der Waals surface area contributed by atoms with E-state index < -0.39 is 13.0 Å². The van der Waals surface area contributed by atoms with E-state index in [0.717, 1.165) is 0 Å². The van der Waals surface area contributed by atoms with Gasteiger partial charge in [-0.25, -0.2) is 13.8 Å². The lowest BCUT2D eigenvalue weighted by Crippen LogP contribution is -1.97. The van der Waals surface area contributed by atoms with Crippen LogP contribution in [0.4, 0.5) is 8.78 Å². The third kappa shape index (κ3) is 1.78. The van der Waals surface area contributed by atoms with Crippen LogP contribution in [0.2, 0.25) is 0 Å². The molecule has 0 spiro atoms. The van der Waals surface area contributed by atoms with Gasteiger partial charge in [0.1, 0.15) is 4.60 Å². The number of rotatable bonds is 2. The first-order valence-electron chi connectivity index (χ1n) is 3.19. The highest BCUT2D eigenvalue weighted by molar-refractivity contribution is 9.10. The molecule has 1 aromatic heterocycles. The van der Waals surface area contributed by atoms with E-state index in [1.54, 1.807) is 0 Å². The van der Waals surface area contributed by atoms with E-state index in [4.69, 9.17) is 5.11 Å². The van der Waals surface area contributed by atoms with Crippen LogP contribution in [0, 0.1) is 0 Å². The molecule has 0 radical (unpaired) electrons. The van der Waals surface area contributed by atoms with Crippen molar-refractivity contribution in [2.45, 2.75) is 13.0 Å². The second kappa shape index (κ2) is 3.91. The summed E-state index contributed by atoms with van der Waals surface area (Å²) in [6.45, 7) is -0.436. The Labute approximate surface area is 76.4 Å². The zero-order valence-electron chi connectivity index (χ0n) is 5.97. The highest BCUT2D eigenvalue weighted by atomic mass is 79.9. The monoisotopic (exact) mass is 237 g/mol. The number of hydrogen-bond donors (Lipinski definition) is 1. The average Bonchev–Trinajstić information content (AvgIpc) is 2.03. The van der Waals surface area contributed by atoms with Gasteiger partial charge in [0.2, 0.25) is 0 Å². The molecule has 1 aromatic rings. The maximum atomic E-state index is 12.2. The Morgan fingerprint density at radius 3 is 2.67 bits per heavy atom. The molecule has 2 nitrogen and oxygen atoms in total. The molecule has 0 aliphatic rings. The fraction of sp³-hybridized carbons (Fsp3) is 0.286. The van der Waals surface area contributed by atoms with Gasteiger partial charge >= 0.3 is 0 Å². The highest BCUT2D eigenvalue weighted by Gasteiger charge is 2.14. The summed E-state index contributed by atoms with van der Waals surface area (Å²) in [5.41, 5.74) is -0.0353. The largest absolute Gasteiger partial charge is 0.392 e. The van der Waals surface area contributed by atoms with Crippen molar-refractivity contribution >= 4 is 15.9 Å². The van der Waals surface area contributed by atoms with Crippen LogP contribution in [-0.2, 0) is 6.61 Å². The molecule has 12 heavy (non-hydrogen) atoms. The van der Waals surface area contributed by atoms with E-state index in [9.17, 15) is 8.78 Å². The van der Waals surface area contributed by atoms with E-state index >= 15 is 0 Å². The second-order valence-electron chi connectivity index (χ2n) is 2.13. The van der Waals surface area contributed by atoms with Crippen molar-refractivity contribution in [3.8, 4) is 0 Å². The predicted octanol–water partition coefficient (Wildman–Crippen LogP) is 2.27. The van der Waals surface area contributed by atoms with Gasteiger partial charge in [0.15, 0.2) is 0 Å². The van der Waals surface area contributed by atoms with E-state index in [-0.39, 0.29) is 15.7 Å². The molecule has 0 unspecified atom stereocenters. The van der Waals surface area contributed by atoms with Gasteiger partial charge in [-0.2, -0.15) is 0 Å². The number of aromatic nitrogens is 1. The lowest BCUT2D eigenvalue weighted by atomic mass is 10.1. The van der Waals surface area contributed by atoms with E-state index in [0.29, 0.717) is 0 Å². The Balaban J connectivity index is 3.18. The Kier molecular flexibility index (Phi) is 3.11. The molecule has 1 rings (SSSR count). The molecule has 1 heterocycles. The van der Waals surface area contributed by atoms with Crippen molar-refractivity contribution in [2.24, 2.45) is 0 Å². The minimum atomic E-state index is -2.58. The SMILES string of the molecule is OCc1c(C(F)F)ccnc1Br. The number of pyridine rings is 1. The van der Waals surface area contributed by atoms with Gasteiger partial charge in [-0.15, -0.1) is 0 Å². The molecule has 0 fully saturated rings. The third-order valence-corrected chi connectivity index (χ3v) is 2.12. The van der Waals surface area contributed by atoms with Crippen LogP contribution in [0.25, 0.3) is 0 Å². The quantitative estimate of drug-likeness (QED) is 0.801. The van der Waals surface area contributed by atoms with Crippen LogP contribution in [0.5, 0.6) is 0 Å². The number of aliphatic hydroxyl groups excluding tert-OH is 1. The number of alkyl halides is 2. The zero-order valence-corrected chi connectivity index (χ0v) is 7.55. The summed E-state index contributed by atoms with van der Waals surface area (Å²) >= 11 is 2.97. The van der Waals surface area contributed by atoms with Gasteiger partial charge in [-0.3, -0.25) is 0 Å². The van der Waals surface area contributed by atoms with Crippen LogP contribution in [0.1, 0.15) is 17.6 Å². The molecule has 0 saturated carbocycles. The molecule has 0 atom stereocenters. The molecule has 0 aromatic carbocycles. The van der Waals surface area contributed by atoms with Crippen molar-refractivity contribution < 1.29 is 13.9 Å². The zero-order chi connectivity index (χ0) is 9.14. The number of aliphatic hydroxyl groups is 1. The Hall–Kier alpha value is -0.550. The Morgan fingerprint density at radius 1 is 1.58 bits per heavy atom. The Bertz CT molecular complexity index is 280. The Morgan fingerprint density at radius 2 is 2.25 bits per heavy atom. The fourth-order valence-corrected chi connectivity index (χ4v) is 1.31. The van der Waals surface area contributed by atoms with E-state index in [1.165, 1.54) is 12.3 Å². The summed E-state index contributed by atoms with van der Waals surface area (Å²) in [7, 11) is 0. The van der Waals surface area contributed by atoms with Crippen molar-refractivity contribution in [3.05, 3.63) is 28.0 Å². The summed E-state index contributed by atoms with van der Waals surface area (Å²) in [6, 6.07) is 1.20. The molecule has 5 heteroatoms. The lowest BCUT2D eigenvalue weighted by molar-refractivity contribution is 0.146. The average molecular weight is 238 g/mol. The number of hydrogen-bond acceptors (Lipinski definition) is 2. The third-order valence-electron chi connectivity index (χ3n) is 1.43. The summed E-state index contributed by atoms with van der Waals surface area (Å²) in [4.78, 5) is 3.72. The van der Waals surface area contributed by atoms with Crippen LogP contribution in [0.15, 0.2) is 16.9 Å². The van der Waals surface area contributed by atoms with Crippen LogP contribution in [0.3, 0.4) is 0 Å². The molecule has 0 aliphatic carbocycles. The molecular formula is C7H6BrF2NO. The fourth-order valence-electron chi connectivity index (χ4n) is 0.842. The molecule has 0 aliphatic heterocycles. The summed E-state index contributed by atoms with van der Waals surface area (Å²) < 4.78 is 24.7. The number of halogens is 3. The van der Waals surface area contributed by atoms with Gasteiger partial charge < -0.3 is 5.11 Å². The first-order chi connectivity index (χ1) is 5.66. The van der Waals surface area contributed by atoms with Crippen molar-refractivity contribution in [3.63, 3.8) is 0 Å². The van der Waals surface area contributed by atoms with E-state index in [1.807, 2.05) is 0 Å². The maximum Gasteiger partial charge on any atom is 0.264 e. The smallest absolute Gasteiger partial charge is 0.264 e. The minimum Gasteiger partial charge on any atom is -0.392 e. The normalized spacial score (nSPS) is 10.8. The molecule has 66 valence electrons. The molecular weight excluding hydrogens is 232 g/mol. The van der Waals surface area contributed by atoms with Crippen LogP contribution >= 0.6 is 15.9 Å². The number of nitrogens with zero attached hydrogens (tertiary/aromatic N) is 1. The minimum absolute atomic E-state index is 0.146. The summed E-state index contributed by atoms with van der Waals surface area (Å²) in [5, 5.41) is 8.74. The second-order valence-corrected chi connectivity index (χ2v) is 2.88. The first-order valence-corrected chi connectivity index (χ1v) is 3.98. The highest BCUT2D eigenvalue weighted by Crippen LogP contribution is 2.26. The van der Waals surface area contributed by atoms with Gasteiger partial charge in [0, 0.05) is 17.3 Å². The molecule has 1 N–H and O–H groups in total. The molecule has 0 bridgehead atoms. The van der Waals surface area contributed by atoms with E-state index in [2.05, 4.69) is 20.9 Å². The van der Waals surface area contributed by atoms with Crippen molar-refractivity contribution in [1.82, 2.24) is 4.98 Å². The van der Waals surface area contributed by atoms with Gasteiger partial charge in [-0.1, -0.05) is 0 Å².